The molecule has 1 atom stereocenters. The molecule has 0 amide bonds. The highest BCUT2D eigenvalue weighted by molar-refractivity contribution is 8.00. The molecule has 0 aliphatic carbocycles. The zero-order chi connectivity index (χ0) is 20.6. The molecule has 8 heteroatoms. The van der Waals surface area contributed by atoms with Crippen molar-refractivity contribution in [3.8, 4) is 0 Å². The summed E-state index contributed by atoms with van der Waals surface area (Å²) < 4.78 is 25.2. The van der Waals surface area contributed by atoms with E-state index in [-0.39, 0.29) is 15.9 Å². The van der Waals surface area contributed by atoms with Gasteiger partial charge in [-0.15, -0.1) is 0 Å². The minimum atomic E-state index is -3.80. The third-order valence-corrected chi connectivity index (χ3v) is 6.64. The van der Waals surface area contributed by atoms with E-state index in [0.717, 1.165) is 22.2 Å². The second-order valence-electron chi connectivity index (χ2n) is 6.78. The van der Waals surface area contributed by atoms with E-state index in [1.807, 2.05) is 50.5 Å². The van der Waals surface area contributed by atoms with Crippen LogP contribution in [0.15, 0.2) is 46.5 Å². The number of aromatic nitrogens is 2. The van der Waals surface area contributed by atoms with E-state index >= 15 is 0 Å². The maximum absolute atomic E-state index is 13.0. The highest BCUT2D eigenvalue weighted by atomic mass is 32.2. The van der Waals surface area contributed by atoms with Crippen LogP contribution in [-0.4, -0.2) is 29.0 Å². The van der Waals surface area contributed by atoms with Gasteiger partial charge in [0.25, 0.3) is 0 Å². The van der Waals surface area contributed by atoms with Crippen molar-refractivity contribution in [2.75, 3.05) is 0 Å². The molecule has 1 unspecified atom stereocenters. The zero-order valence-corrected chi connectivity index (χ0v) is 17.9. The largest absolute Gasteiger partial charge is 0.319 e. The molecule has 2 N–H and O–H groups in total. The van der Waals surface area contributed by atoms with Gasteiger partial charge >= 0.3 is 0 Å². The summed E-state index contributed by atoms with van der Waals surface area (Å²) in [6.07, 6.45) is 0. The van der Waals surface area contributed by atoms with Crippen LogP contribution in [0, 0.1) is 13.8 Å². The number of hydrogen-bond donors (Lipinski definition) is 1. The van der Waals surface area contributed by atoms with E-state index in [1.54, 1.807) is 6.07 Å². The third kappa shape index (κ3) is 3.99. The first kappa shape index (κ1) is 20.6. The second kappa shape index (κ2) is 7.69. The molecular weight excluding hydrogens is 394 g/mol. The Hall–Kier alpha value is -2.16. The SMILES string of the molecule is CCn1c(SC(C)C(=O)c2cc(C)ccc2C)nc2cc(S(N)(=O)=O)ccc21. The number of carbonyl (C=O) groups excluding carboxylic acids is 1. The first-order valence-corrected chi connectivity index (χ1v) is 11.4. The molecule has 0 aliphatic rings. The fraction of sp³-hybridized carbons (Fsp3) is 0.300. The first-order chi connectivity index (χ1) is 13.1. The number of imidazole rings is 1. The summed E-state index contributed by atoms with van der Waals surface area (Å²) in [6.45, 7) is 8.39. The summed E-state index contributed by atoms with van der Waals surface area (Å²) >= 11 is 1.37. The Morgan fingerprint density at radius 3 is 2.57 bits per heavy atom. The lowest BCUT2D eigenvalue weighted by Crippen LogP contribution is -2.16. The van der Waals surface area contributed by atoms with Gasteiger partial charge in [0.1, 0.15) is 0 Å². The lowest BCUT2D eigenvalue weighted by Gasteiger charge is -2.13. The van der Waals surface area contributed by atoms with Gasteiger partial charge in [-0.1, -0.05) is 29.5 Å². The zero-order valence-electron chi connectivity index (χ0n) is 16.3. The van der Waals surface area contributed by atoms with E-state index in [1.165, 1.54) is 23.9 Å². The number of hydrogen-bond acceptors (Lipinski definition) is 5. The molecule has 1 heterocycles. The van der Waals surface area contributed by atoms with E-state index < -0.39 is 10.0 Å². The number of Topliss-reactive ketones (excluding diaryl/α,β-unsaturated/α-hetero) is 1. The number of carbonyl (C=O) groups is 1. The van der Waals surface area contributed by atoms with Crippen LogP contribution < -0.4 is 5.14 Å². The molecule has 28 heavy (non-hydrogen) atoms. The number of sulfonamides is 1. The monoisotopic (exact) mass is 417 g/mol. The predicted octanol–water partition coefficient (Wildman–Crippen LogP) is 3.68. The van der Waals surface area contributed by atoms with Crippen molar-refractivity contribution in [2.45, 2.75) is 49.5 Å². The summed E-state index contributed by atoms with van der Waals surface area (Å²) in [4.78, 5) is 17.6. The quantitative estimate of drug-likeness (QED) is 0.488. The second-order valence-corrected chi connectivity index (χ2v) is 9.65. The molecule has 0 saturated carbocycles. The summed E-state index contributed by atoms with van der Waals surface area (Å²) in [7, 11) is -3.80. The van der Waals surface area contributed by atoms with Crippen molar-refractivity contribution in [1.82, 2.24) is 9.55 Å². The molecule has 0 spiro atoms. The van der Waals surface area contributed by atoms with Crippen LogP contribution in [0.2, 0.25) is 0 Å². The number of nitrogens with two attached hydrogens (primary N) is 1. The molecule has 0 fully saturated rings. The molecule has 2 aromatic carbocycles. The molecule has 1 aromatic heterocycles. The van der Waals surface area contributed by atoms with Gasteiger partial charge < -0.3 is 4.57 Å². The number of primary sulfonamides is 1. The van der Waals surface area contributed by atoms with Crippen LogP contribution >= 0.6 is 11.8 Å². The average molecular weight is 418 g/mol. The highest BCUT2D eigenvalue weighted by Crippen LogP contribution is 2.30. The standard InChI is InChI=1S/C20H23N3O3S2/c1-5-23-18-9-8-15(28(21,25)26)11-17(18)22-20(23)27-14(4)19(24)16-10-12(2)6-7-13(16)3/h6-11,14H,5H2,1-4H3,(H2,21,25,26). The Balaban J connectivity index is 1.96. The highest BCUT2D eigenvalue weighted by Gasteiger charge is 2.22. The normalized spacial score (nSPS) is 13.0. The van der Waals surface area contributed by atoms with Crippen molar-refractivity contribution >= 4 is 38.6 Å². The Kier molecular flexibility index (Phi) is 5.65. The van der Waals surface area contributed by atoms with Gasteiger partial charge in [0.15, 0.2) is 10.9 Å². The van der Waals surface area contributed by atoms with E-state index in [2.05, 4.69) is 4.98 Å². The minimum Gasteiger partial charge on any atom is -0.319 e. The van der Waals surface area contributed by atoms with Crippen LogP contribution in [0.4, 0.5) is 0 Å². The molecule has 0 saturated heterocycles. The van der Waals surface area contributed by atoms with Crippen LogP contribution in [-0.2, 0) is 16.6 Å². The molecule has 6 nitrogen and oxygen atoms in total. The number of thioether (sulfide) groups is 1. The maximum Gasteiger partial charge on any atom is 0.238 e. The number of fused-ring (bicyclic) bond motifs is 1. The van der Waals surface area contributed by atoms with Gasteiger partial charge in [0.2, 0.25) is 10.0 Å². The number of aryl methyl sites for hydroxylation is 3. The Morgan fingerprint density at radius 2 is 1.93 bits per heavy atom. The van der Waals surface area contributed by atoms with Crippen LogP contribution in [0.5, 0.6) is 0 Å². The molecule has 3 aromatic rings. The Morgan fingerprint density at radius 1 is 1.21 bits per heavy atom. The summed E-state index contributed by atoms with van der Waals surface area (Å²) in [5.74, 6) is 0.0473. The molecule has 148 valence electrons. The van der Waals surface area contributed by atoms with E-state index in [9.17, 15) is 13.2 Å². The van der Waals surface area contributed by atoms with Gasteiger partial charge in [-0.05, 0) is 57.5 Å². The van der Waals surface area contributed by atoms with E-state index in [0.29, 0.717) is 17.2 Å². The van der Waals surface area contributed by atoms with Gasteiger partial charge in [-0.2, -0.15) is 0 Å². The van der Waals surface area contributed by atoms with Gasteiger partial charge in [-0.25, -0.2) is 18.5 Å². The van der Waals surface area contributed by atoms with Crippen molar-refractivity contribution < 1.29 is 13.2 Å². The molecule has 0 aliphatic heterocycles. The van der Waals surface area contributed by atoms with Crippen LogP contribution in [0.3, 0.4) is 0 Å². The van der Waals surface area contributed by atoms with Crippen molar-refractivity contribution in [3.63, 3.8) is 0 Å². The first-order valence-electron chi connectivity index (χ1n) is 8.93. The van der Waals surface area contributed by atoms with Crippen molar-refractivity contribution in [2.24, 2.45) is 5.14 Å². The topological polar surface area (TPSA) is 95.0 Å². The molecular formula is C20H23N3O3S2. The summed E-state index contributed by atoms with van der Waals surface area (Å²) in [5, 5.41) is 5.57. The van der Waals surface area contributed by atoms with Gasteiger partial charge in [-0.3, -0.25) is 4.79 Å². The lowest BCUT2D eigenvalue weighted by molar-refractivity contribution is 0.0993. The smallest absolute Gasteiger partial charge is 0.238 e. The Labute approximate surface area is 169 Å². The molecule has 3 rings (SSSR count). The summed E-state index contributed by atoms with van der Waals surface area (Å²) in [5.41, 5.74) is 4.06. The van der Waals surface area contributed by atoms with Crippen LogP contribution in [0.1, 0.15) is 35.3 Å². The number of benzene rings is 2. The Bertz CT molecular complexity index is 1170. The number of nitrogens with zero attached hydrogens (tertiary/aromatic N) is 2. The van der Waals surface area contributed by atoms with E-state index in [4.69, 9.17) is 5.14 Å². The van der Waals surface area contributed by atoms with Gasteiger partial charge in [0, 0.05) is 12.1 Å². The van der Waals surface area contributed by atoms with Gasteiger partial charge in [0.05, 0.1) is 21.2 Å². The number of rotatable bonds is 6. The molecule has 0 bridgehead atoms. The average Bonchev–Trinajstić information content (AvgIpc) is 2.98. The van der Waals surface area contributed by atoms with Crippen molar-refractivity contribution in [3.05, 3.63) is 53.1 Å². The maximum atomic E-state index is 13.0. The third-order valence-electron chi connectivity index (χ3n) is 4.64. The molecule has 0 radical (unpaired) electrons. The van der Waals surface area contributed by atoms with Crippen LogP contribution in [0.25, 0.3) is 11.0 Å². The summed E-state index contributed by atoms with van der Waals surface area (Å²) in [6, 6.07) is 10.5. The lowest BCUT2D eigenvalue weighted by atomic mass is 10.0. The minimum absolute atomic E-state index is 0.0248. The van der Waals surface area contributed by atoms with Crippen molar-refractivity contribution in [1.29, 1.82) is 0 Å². The predicted molar refractivity (Wildman–Crippen MR) is 112 cm³/mol. The fourth-order valence-corrected chi connectivity index (χ4v) is 4.68. The fourth-order valence-electron chi connectivity index (χ4n) is 3.09. The number of ketones is 1.